The molecule has 2 heteroatoms. The van der Waals surface area contributed by atoms with Gasteiger partial charge in [-0.3, -0.25) is 0 Å². The van der Waals surface area contributed by atoms with Crippen molar-refractivity contribution in [1.29, 1.82) is 0 Å². The van der Waals surface area contributed by atoms with Gasteiger partial charge >= 0.3 is 0 Å². The average molecular weight is 161 g/mol. The molecule has 0 N–H and O–H groups in total. The molecule has 62 valence electrons. The first-order chi connectivity index (χ1) is 5.84. The highest BCUT2D eigenvalue weighted by Gasteiger charge is 1.91. The van der Waals surface area contributed by atoms with Crippen molar-refractivity contribution in [1.82, 2.24) is 0 Å². The van der Waals surface area contributed by atoms with Gasteiger partial charge in [-0.2, -0.15) is 0 Å². The maximum Gasteiger partial charge on any atom is 0.114 e. The highest BCUT2D eigenvalue weighted by molar-refractivity contribution is 5.81. The Morgan fingerprint density at radius 2 is 2.25 bits per heavy atom. The van der Waals surface area contributed by atoms with Crippen LogP contribution in [0.4, 0.5) is 0 Å². The van der Waals surface area contributed by atoms with Crippen LogP contribution in [0.5, 0.6) is 0 Å². The Balaban J connectivity index is 2.68. The lowest BCUT2D eigenvalue weighted by atomic mass is 10.1. The summed E-state index contributed by atoms with van der Waals surface area (Å²) < 4.78 is 0. The summed E-state index contributed by atoms with van der Waals surface area (Å²) in [4.78, 5) is 4.81. The monoisotopic (exact) mass is 161 g/mol. The summed E-state index contributed by atoms with van der Waals surface area (Å²) in [7, 11) is 0. The molecule has 0 aliphatic heterocycles. The second-order valence-electron chi connectivity index (χ2n) is 2.28. The van der Waals surface area contributed by atoms with Gasteiger partial charge in [-0.15, -0.1) is 0 Å². The molecule has 12 heavy (non-hydrogen) atoms. The number of hydrogen-bond acceptors (Lipinski definition) is 2. The standard InChI is InChI=1S/C10H11NO/c1-3-12-11-8-10-7-5-4-6-9(10)2/h2,4-8H,3H2,1H3/b11-8+. The maximum absolute atomic E-state index is 5.66. The molecule has 0 fully saturated rings. The zero-order valence-corrected chi connectivity index (χ0v) is 7.03. The summed E-state index contributed by atoms with van der Waals surface area (Å²) >= 11 is 0. The molecule has 0 unspecified atom stereocenters. The molecule has 0 saturated carbocycles. The molecule has 1 aromatic rings. The SMILES string of the molecule is [CH]c1ccccc1/C=N/OCC. The number of rotatable bonds is 3. The van der Waals surface area contributed by atoms with Crippen LogP contribution in [0, 0.1) is 6.92 Å². The number of benzene rings is 1. The van der Waals surface area contributed by atoms with Crippen molar-refractivity contribution >= 4 is 6.21 Å². The Hall–Kier alpha value is -1.31. The Morgan fingerprint density at radius 1 is 1.50 bits per heavy atom. The van der Waals surface area contributed by atoms with Crippen LogP contribution in [0.2, 0.25) is 0 Å². The van der Waals surface area contributed by atoms with Gasteiger partial charge in [-0.25, -0.2) is 0 Å². The van der Waals surface area contributed by atoms with E-state index in [0.29, 0.717) is 12.2 Å². The van der Waals surface area contributed by atoms with Crippen LogP contribution < -0.4 is 0 Å². The Bertz CT molecular complexity index is 268. The van der Waals surface area contributed by atoms with Crippen LogP contribution in [-0.2, 0) is 4.84 Å². The summed E-state index contributed by atoms with van der Waals surface area (Å²) in [6.45, 7) is 8.11. The van der Waals surface area contributed by atoms with Crippen LogP contribution in [0.15, 0.2) is 29.4 Å². The lowest BCUT2D eigenvalue weighted by Gasteiger charge is -1.96. The smallest absolute Gasteiger partial charge is 0.114 e. The van der Waals surface area contributed by atoms with Gasteiger partial charge in [0.05, 0.1) is 6.21 Å². The van der Waals surface area contributed by atoms with Gasteiger partial charge in [0.2, 0.25) is 0 Å². The van der Waals surface area contributed by atoms with Crippen molar-refractivity contribution < 1.29 is 4.84 Å². The molecular weight excluding hydrogens is 150 g/mol. The van der Waals surface area contributed by atoms with Crippen LogP contribution in [0.3, 0.4) is 0 Å². The molecule has 0 bridgehead atoms. The zero-order valence-electron chi connectivity index (χ0n) is 7.03. The predicted molar refractivity (Wildman–Crippen MR) is 49.1 cm³/mol. The van der Waals surface area contributed by atoms with E-state index in [4.69, 9.17) is 11.8 Å². The second kappa shape index (κ2) is 4.54. The van der Waals surface area contributed by atoms with Crippen molar-refractivity contribution in [2.45, 2.75) is 6.92 Å². The lowest BCUT2D eigenvalue weighted by molar-refractivity contribution is 0.160. The topological polar surface area (TPSA) is 21.6 Å². The Morgan fingerprint density at radius 3 is 2.92 bits per heavy atom. The summed E-state index contributed by atoms with van der Waals surface area (Å²) in [5.74, 6) is 0. The summed E-state index contributed by atoms with van der Waals surface area (Å²) in [5, 5.41) is 3.72. The lowest BCUT2D eigenvalue weighted by Crippen LogP contribution is -1.87. The third-order valence-electron chi connectivity index (χ3n) is 1.39. The van der Waals surface area contributed by atoms with Crippen molar-refractivity contribution in [2.24, 2.45) is 5.16 Å². The average Bonchev–Trinajstić information content (AvgIpc) is 2.09. The Kier molecular flexibility index (Phi) is 3.33. The van der Waals surface area contributed by atoms with E-state index in [1.807, 2.05) is 31.2 Å². The van der Waals surface area contributed by atoms with Crippen LogP contribution in [0.1, 0.15) is 18.1 Å². The molecule has 2 radical (unpaired) electrons. The maximum atomic E-state index is 5.66. The fourth-order valence-electron chi connectivity index (χ4n) is 0.797. The fraction of sp³-hybridized carbons (Fsp3) is 0.200. The number of oxime groups is 1. The van der Waals surface area contributed by atoms with Crippen molar-refractivity contribution in [3.05, 3.63) is 42.3 Å². The molecule has 1 aromatic carbocycles. The molecular formula is C10H11NO. The molecule has 0 amide bonds. The first kappa shape index (κ1) is 8.78. The van der Waals surface area contributed by atoms with E-state index in [1.165, 1.54) is 0 Å². The van der Waals surface area contributed by atoms with Crippen LogP contribution in [-0.4, -0.2) is 12.8 Å². The zero-order chi connectivity index (χ0) is 8.81. The van der Waals surface area contributed by atoms with Crippen molar-refractivity contribution in [3.63, 3.8) is 0 Å². The third kappa shape index (κ3) is 2.38. The van der Waals surface area contributed by atoms with E-state index in [-0.39, 0.29) is 0 Å². The quantitative estimate of drug-likeness (QED) is 0.491. The first-order valence-corrected chi connectivity index (χ1v) is 3.84. The molecule has 0 aromatic heterocycles. The van der Waals surface area contributed by atoms with Gasteiger partial charge in [0, 0.05) is 0 Å². The van der Waals surface area contributed by atoms with Crippen LogP contribution >= 0.6 is 0 Å². The molecule has 0 aliphatic carbocycles. The summed E-state index contributed by atoms with van der Waals surface area (Å²) in [6, 6.07) is 7.50. The third-order valence-corrected chi connectivity index (χ3v) is 1.39. The molecule has 0 heterocycles. The van der Waals surface area contributed by atoms with Gasteiger partial charge in [-0.1, -0.05) is 29.4 Å². The van der Waals surface area contributed by atoms with E-state index in [0.717, 1.165) is 5.56 Å². The highest BCUT2D eigenvalue weighted by Crippen LogP contribution is 2.03. The normalized spacial score (nSPS) is 10.5. The molecule has 0 saturated heterocycles. The van der Waals surface area contributed by atoms with E-state index in [1.54, 1.807) is 6.21 Å². The Labute approximate surface area is 72.9 Å². The molecule has 0 spiro atoms. The van der Waals surface area contributed by atoms with Crippen molar-refractivity contribution in [3.8, 4) is 0 Å². The van der Waals surface area contributed by atoms with Crippen molar-refractivity contribution in [2.75, 3.05) is 6.61 Å². The minimum absolute atomic E-state index is 0.573. The van der Waals surface area contributed by atoms with E-state index in [9.17, 15) is 0 Å². The van der Waals surface area contributed by atoms with Gasteiger partial charge in [0.1, 0.15) is 6.61 Å². The summed E-state index contributed by atoms with van der Waals surface area (Å²) in [6.07, 6.45) is 1.61. The van der Waals surface area contributed by atoms with E-state index in [2.05, 4.69) is 5.16 Å². The summed E-state index contributed by atoms with van der Waals surface area (Å²) in [5.41, 5.74) is 1.59. The van der Waals surface area contributed by atoms with Gasteiger partial charge in [0.25, 0.3) is 0 Å². The van der Waals surface area contributed by atoms with E-state index >= 15 is 0 Å². The van der Waals surface area contributed by atoms with Gasteiger partial charge in [-0.05, 0) is 25.0 Å². The van der Waals surface area contributed by atoms with Gasteiger partial charge in [0.15, 0.2) is 0 Å². The minimum atomic E-state index is 0.573. The first-order valence-electron chi connectivity index (χ1n) is 3.84. The molecule has 0 aliphatic rings. The predicted octanol–water partition coefficient (Wildman–Crippen LogP) is 2.12. The largest absolute Gasteiger partial charge is 0.396 e. The number of hydrogen-bond donors (Lipinski definition) is 0. The second-order valence-corrected chi connectivity index (χ2v) is 2.28. The highest BCUT2D eigenvalue weighted by atomic mass is 16.6. The number of nitrogens with zero attached hydrogens (tertiary/aromatic N) is 1. The molecule has 1 rings (SSSR count). The minimum Gasteiger partial charge on any atom is -0.396 e. The van der Waals surface area contributed by atoms with Crippen LogP contribution in [0.25, 0.3) is 0 Å². The fourth-order valence-corrected chi connectivity index (χ4v) is 0.797. The molecule has 2 nitrogen and oxygen atoms in total. The van der Waals surface area contributed by atoms with E-state index < -0.39 is 0 Å². The van der Waals surface area contributed by atoms with Gasteiger partial charge < -0.3 is 4.84 Å². The molecule has 0 atom stereocenters.